The zero-order valence-electron chi connectivity index (χ0n) is 8.97. The van der Waals surface area contributed by atoms with Crippen molar-refractivity contribution in [1.29, 1.82) is 0 Å². The van der Waals surface area contributed by atoms with Crippen molar-refractivity contribution in [3.63, 3.8) is 0 Å². The van der Waals surface area contributed by atoms with E-state index in [1.165, 1.54) is 11.1 Å². The molecule has 0 saturated carbocycles. The van der Waals surface area contributed by atoms with Crippen LogP contribution in [0.25, 0.3) is 16.1 Å². The SMILES string of the molecule is Cc1ccccc1-c1ccc(C#[N+][O-])cc1. The summed E-state index contributed by atoms with van der Waals surface area (Å²) in [4.78, 5) is 0. The summed E-state index contributed by atoms with van der Waals surface area (Å²) >= 11 is 0. The van der Waals surface area contributed by atoms with Crippen LogP contribution in [0.4, 0.5) is 0 Å². The van der Waals surface area contributed by atoms with Crippen molar-refractivity contribution >= 4 is 0 Å². The minimum absolute atomic E-state index is 0.701. The molecule has 0 saturated heterocycles. The maximum Gasteiger partial charge on any atom is 0.336 e. The van der Waals surface area contributed by atoms with E-state index in [1.807, 2.05) is 36.4 Å². The monoisotopic (exact) mass is 209 g/mol. The van der Waals surface area contributed by atoms with Crippen molar-refractivity contribution in [2.75, 3.05) is 0 Å². The van der Waals surface area contributed by atoms with Gasteiger partial charge in [-0.2, -0.15) is 0 Å². The molecule has 0 aromatic heterocycles. The lowest BCUT2D eigenvalue weighted by Gasteiger charge is -2.04. The van der Waals surface area contributed by atoms with E-state index >= 15 is 0 Å². The Balaban J connectivity index is 2.41. The number of aryl methyl sites for hydroxylation is 1. The van der Waals surface area contributed by atoms with Crippen LogP contribution in [0, 0.1) is 18.2 Å². The molecule has 0 atom stereocenters. The predicted octanol–water partition coefficient (Wildman–Crippen LogP) is 3.84. The van der Waals surface area contributed by atoms with Crippen molar-refractivity contribution in [3.8, 4) is 17.2 Å². The summed E-state index contributed by atoms with van der Waals surface area (Å²) in [5.41, 5.74) is 4.27. The lowest BCUT2D eigenvalue weighted by atomic mass is 10.00. The van der Waals surface area contributed by atoms with Crippen molar-refractivity contribution in [1.82, 2.24) is 0 Å². The molecule has 0 aliphatic heterocycles. The van der Waals surface area contributed by atoms with Crippen LogP contribution in [0.2, 0.25) is 0 Å². The third kappa shape index (κ3) is 2.04. The molecule has 0 spiro atoms. The van der Waals surface area contributed by atoms with Crippen LogP contribution in [0.15, 0.2) is 48.5 Å². The van der Waals surface area contributed by atoms with Crippen LogP contribution in [-0.4, -0.2) is 0 Å². The lowest BCUT2D eigenvalue weighted by molar-refractivity contribution is 1.46. The molecule has 16 heavy (non-hydrogen) atoms. The zero-order valence-corrected chi connectivity index (χ0v) is 8.97. The van der Waals surface area contributed by atoms with Crippen LogP contribution in [-0.2, 0) is 0 Å². The van der Waals surface area contributed by atoms with E-state index < -0.39 is 0 Å². The van der Waals surface area contributed by atoms with Crippen molar-refractivity contribution in [3.05, 3.63) is 69.9 Å². The summed E-state index contributed by atoms with van der Waals surface area (Å²) in [7, 11) is 0. The fraction of sp³-hybridized carbons (Fsp3) is 0.0714. The molecule has 2 aromatic carbocycles. The Morgan fingerprint density at radius 3 is 2.31 bits per heavy atom. The van der Waals surface area contributed by atoms with Gasteiger partial charge in [-0.15, -0.1) is 0 Å². The third-order valence-corrected chi connectivity index (χ3v) is 2.52. The summed E-state index contributed by atoms with van der Waals surface area (Å²) in [6.07, 6.45) is 0. The first-order valence-electron chi connectivity index (χ1n) is 5.05. The van der Waals surface area contributed by atoms with Gasteiger partial charge < -0.3 is 5.21 Å². The van der Waals surface area contributed by atoms with Gasteiger partial charge in [0.05, 0.1) is 0 Å². The Bertz CT molecular complexity index is 547. The average Bonchev–Trinajstić information content (AvgIpc) is 2.31. The molecule has 0 fully saturated rings. The van der Waals surface area contributed by atoms with Crippen LogP contribution >= 0.6 is 0 Å². The fourth-order valence-electron chi connectivity index (χ4n) is 1.67. The van der Waals surface area contributed by atoms with Crippen molar-refractivity contribution < 1.29 is 0 Å². The van der Waals surface area contributed by atoms with Gasteiger partial charge in [0.25, 0.3) is 0 Å². The molecule has 2 heteroatoms. The van der Waals surface area contributed by atoms with Gasteiger partial charge in [0, 0.05) is 5.01 Å². The Morgan fingerprint density at radius 1 is 1.00 bits per heavy atom. The van der Waals surface area contributed by atoms with Gasteiger partial charge in [0.1, 0.15) is 5.56 Å². The summed E-state index contributed by atoms with van der Waals surface area (Å²) in [6.45, 7) is 2.08. The Labute approximate surface area is 94.6 Å². The summed E-state index contributed by atoms with van der Waals surface area (Å²) in [6, 6.07) is 18.2. The fourth-order valence-corrected chi connectivity index (χ4v) is 1.67. The minimum atomic E-state index is 0.701. The van der Waals surface area contributed by atoms with E-state index in [1.54, 1.807) is 0 Å². The molecule has 2 aromatic rings. The Hall–Kier alpha value is -2.27. The molecule has 0 aliphatic carbocycles. The molecule has 2 nitrogen and oxygen atoms in total. The molecule has 0 aliphatic rings. The topological polar surface area (TPSA) is 27.4 Å². The smallest absolute Gasteiger partial charge is 0.336 e. The first-order valence-corrected chi connectivity index (χ1v) is 5.05. The van der Waals surface area contributed by atoms with E-state index in [9.17, 15) is 5.21 Å². The summed E-state index contributed by atoms with van der Waals surface area (Å²) in [5, 5.41) is 12.6. The Morgan fingerprint density at radius 2 is 1.69 bits per heavy atom. The lowest BCUT2D eigenvalue weighted by Crippen LogP contribution is -1.82. The van der Waals surface area contributed by atoms with Crippen LogP contribution in [0.5, 0.6) is 0 Å². The van der Waals surface area contributed by atoms with E-state index in [0.717, 1.165) is 5.56 Å². The maximum atomic E-state index is 10.0. The second-order valence-electron chi connectivity index (χ2n) is 3.60. The number of hydrogen-bond donors (Lipinski definition) is 0. The van der Waals surface area contributed by atoms with Gasteiger partial charge >= 0.3 is 6.07 Å². The van der Waals surface area contributed by atoms with Gasteiger partial charge in [0.2, 0.25) is 0 Å². The molecule has 2 rings (SSSR count). The number of benzene rings is 2. The molecule has 0 unspecified atom stereocenters. The minimum Gasteiger partial charge on any atom is -0.498 e. The van der Waals surface area contributed by atoms with Crippen LogP contribution in [0.1, 0.15) is 11.1 Å². The zero-order chi connectivity index (χ0) is 11.4. The molecule has 78 valence electrons. The Kier molecular flexibility index (Phi) is 2.88. The highest BCUT2D eigenvalue weighted by Gasteiger charge is 2.01. The first-order chi connectivity index (χ1) is 7.81. The molecular weight excluding hydrogens is 198 g/mol. The standard InChI is InChI=1S/C14H11NO/c1-11-4-2-3-5-14(11)13-8-6-12(7-9-13)10-15-16/h2-9H,1H3. The van der Waals surface area contributed by atoms with Gasteiger partial charge in [-0.1, -0.05) is 36.4 Å². The van der Waals surface area contributed by atoms with Crippen molar-refractivity contribution in [2.24, 2.45) is 0 Å². The number of nitrogens with zero attached hydrogens (tertiary/aromatic N) is 1. The van der Waals surface area contributed by atoms with Crippen LogP contribution < -0.4 is 0 Å². The molecule has 0 radical (unpaired) electrons. The van der Waals surface area contributed by atoms with Gasteiger partial charge in [-0.25, -0.2) is 0 Å². The first kappa shape index (κ1) is 10.3. The molecule has 0 amide bonds. The molecular formula is C14H11NO. The predicted molar refractivity (Wildman–Crippen MR) is 66.3 cm³/mol. The largest absolute Gasteiger partial charge is 0.498 e. The van der Waals surface area contributed by atoms with E-state index in [4.69, 9.17) is 0 Å². The van der Waals surface area contributed by atoms with Crippen LogP contribution in [0.3, 0.4) is 0 Å². The third-order valence-electron chi connectivity index (χ3n) is 2.52. The second kappa shape index (κ2) is 4.50. The summed E-state index contributed by atoms with van der Waals surface area (Å²) < 4.78 is 0. The highest BCUT2D eigenvalue weighted by Crippen LogP contribution is 2.22. The number of hydrogen-bond acceptors (Lipinski definition) is 1. The van der Waals surface area contributed by atoms with E-state index in [2.05, 4.69) is 30.1 Å². The van der Waals surface area contributed by atoms with Crippen molar-refractivity contribution in [2.45, 2.75) is 6.92 Å². The van der Waals surface area contributed by atoms with E-state index in [0.29, 0.717) is 5.56 Å². The van der Waals surface area contributed by atoms with Gasteiger partial charge in [0.15, 0.2) is 0 Å². The maximum absolute atomic E-state index is 10.0. The summed E-state index contributed by atoms with van der Waals surface area (Å²) in [5.74, 6) is 0. The normalized spacial score (nSPS) is 9.31. The number of rotatable bonds is 1. The molecule has 0 N–H and O–H groups in total. The molecule has 0 heterocycles. The highest BCUT2D eigenvalue weighted by molar-refractivity contribution is 5.67. The van der Waals surface area contributed by atoms with Gasteiger partial charge in [-0.05, 0) is 35.7 Å². The molecule has 0 bridgehead atoms. The average molecular weight is 209 g/mol. The quantitative estimate of drug-likeness (QED) is 0.655. The highest BCUT2D eigenvalue weighted by atomic mass is 16.4. The van der Waals surface area contributed by atoms with Gasteiger partial charge in [-0.3, -0.25) is 0 Å². The second-order valence-corrected chi connectivity index (χ2v) is 3.60. The van der Waals surface area contributed by atoms with E-state index in [-0.39, 0.29) is 0 Å².